The van der Waals surface area contributed by atoms with Gasteiger partial charge < -0.3 is 15.0 Å². The fraction of sp³-hybridized carbons (Fsp3) is 0.133. The van der Waals surface area contributed by atoms with E-state index in [1.54, 1.807) is 23.1 Å². The molecule has 0 bridgehead atoms. The molecule has 0 saturated carbocycles. The standard InChI is InChI=1S/C30H27BrN2O3/c1-21-11-17-25(18-12-21)32-30(35)26-8-4-5-9-27(26)33(19-23-13-15-24(31)16-14-23)29(34)20-36-28-10-6-3-7-22(28)2/h3-18H,19-20H2,1-2H3,(H,32,35). The highest BCUT2D eigenvalue weighted by atomic mass is 79.9. The van der Waals surface area contributed by atoms with Crippen molar-refractivity contribution in [2.45, 2.75) is 20.4 Å². The topological polar surface area (TPSA) is 58.6 Å². The molecule has 2 amide bonds. The van der Waals surface area contributed by atoms with Crippen molar-refractivity contribution in [3.8, 4) is 5.75 Å². The first kappa shape index (κ1) is 25.2. The predicted molar refractivity (Wildman–Crippen MR) is 148 cm³/mol. The number of amides is 2. The van der Waals surface area contributed by atoms with E-state index < -0.39 is 0 Å². The van der Waals surface area contributed by atoms with E-state index in [2.05, 4.69) is 21.2 Å². The van der Waals surface area contributed by atoms with Crippen LogP contribution in [0.4, 0.5) is 11.4 Å². The van der Waals surface area contributed by atoms with Gasteiger partial charge in [0.05, 0.1) is 17.8 Å². The van der Waals surface area contributed by atoms with Crippen LogP contribution in [0.3, 0.4) is 0 Å². The van der Waals surface area contributed by atoms with Gasteiger partial charge in [-0.1, -0.05) is 76.1 Å². The number of carbonyl (C=O) groups is 2. The third-order valence-electron chi connectivity index (χ3n) is 5.75. The molecule has 0 atom stereocenters. The van der Waals surface area contributed by atoms with E-state index in [0.717, 1.165) is 21.2 Å². The summed E-state index contributed by atoms with van der Waals surface area (Å²) in [6.07, 6.45) is 0. The summed E-state index contributed by atoms with van der Waals surface area (Å²) in [7, 11) is 0. The molecule has 0 fully saturated rings. The van der Waals surface area contributed by atoms with Crippen LogP contribution in [0.15, 0.2) is 102 Å². The molecule has 4 aromatic rings. The van der Waals surface area contributed by atoms with Gasteiger partial charge in [-0.25, -0.2) is 0 Å². The molecule has 0 radical (unpaired) electrons. The average Bonchev–Trinajstić information content (AvgIpc) is 2.89. The Hall–Kier alpha value is -3.90. The lowest BCUT2D eigenvalue weighted by molar-refractivity contribution is -0.120. The minimum Gasteiger partial charge on any atom is -0.483 e. The minimum atomic E-state index is -0.289. The van der Waals surface area contributed by atoms with Crippen LogP contribution >= 0.6 is 15.9 Å². The Bertz CT molecular complexity index is 1350. The Morgan fingerprint density at radius 1 is 0.833 bits per heavy atom. The van der Waals surface area contributed by atoms with Crippen molar-refractivity contribution in [3.05, 3.63) is 124 Å². The number of para-hydroxylation sites is 2. The van der Waals surface area contributed by atoms with Crippen LogP contribution in [0.2, 0.25) is 0 Å². The average molecular weight is 543 g/mol. The molecule has 6 heteroatoms. The van der Waals surface area contributed by atoms with E-state index >= 15 is 0 Å². The normalized spacial score (nSPS) is 10.5. The number of nitrogens with one attached hydrogen (secondary N) is 1. The fourth-order valence-corrected chi connectivity index (χ4v) is 4.02. The lowest BCUT2D eigenvalue weighted by Gasteiger charge is -2.25. The first-order valence-corrected chi connectivity index (χ1v) is 12.4. The van der Waals surface area contributed by atoms with E-state index in [0.29, 0.717) is 22.7 Å². The molecule has 5 nitrogen and oxygen atoms in total. The molecule has 182 valence electrons. The minimum absolute atomic E-state index is 0.157. The molecule has 0 aliphatic rings. The molecular formula is C30H27BrN2O3. The Balaban J connectivity index is 1.63. The summed E-state index contributed by atoms with van der Waals surface area (Å²) in [5.41, 5.74) is 4.59. The maximum absolute atomic E-state index is 13.5. The molecule has 0 heterocycles. The van der Waals surface area contributed by atoms with Crippen LogP contribution in [0.1, 0.15) is 27.0 Å². The highest BCUT2D eigenvalue weighted by Crippen LogP contribution is 2.25. The summed E-state index contributed by atoms with van der Waals surface area (Å²) < 4.78 is 6.81. The maximum atomic E-state index is 13.5. The van der Waals surface area contributed by atoms with Gasteiger partial charge in [0.2, 0.25) is 0 Å². The van der Waals surface area contributed by atoms with Crippen LogP contribution in [0.25, 0.3) is 0 Å². The van der Waals surface area contributed by atoms with Gasteiger partial charge in [-0.3, -0.25) is 9.59 Å². The van der Waals surface area contributed by atoms with E-state index in [-0.39, 0.29) is 25.0 Å². The zero-order chi connectivity index (χ0) is 25.5. The molecule has 1 N–H and O–H groups in total. The molecule has 0 saturated heterocycles. The van der Waals surface area contributed by atoms with E-state index in [1.807, 2.05) is 92.7 Å². The molecular weight excluding hydrogens is 516 g/mol. The number of carbonyl (C=O) groups excluding carboxylic acids is 2. The first-order valence-electron chi connectivity index (χ1n) is 11.6. The van der Waals surface area contributed by atoms with E-state index in [4.69, 9.17) is 4.74 Å². The monoisotopic (exact) mass is 542 g/mol. The molecule has 0 spiro atoms. The number of hydrogen-bond acceptors (Lipinski definition) is 3. The number of nitrogens with zero attached hydrogens (tertiary/aromatic N) is 1. The summed E-state index contributed by atoms with van der Waals surface area (Å²) in [6.45, 7) is 4.06. The van der Waals surface area contributed by atoms with Gasteiger partial charge in [-0.2, -0.15) is 0 Å². The van der Waals surface area contributed by atoms with Crippen LogP contribution in [0, 0.1) is 13.8 Å². The zero-order valence-corrected chi connectivity index (χ0v) is 21.8. The van der Waals surface area contributed by atoms with Crippen molar-refractivity contribution in [3.63, 3.8) is 0 Å². The van der Waals surface area contributed by atoms with Gasteiger partial charge in [0.25, 0.3) is 11.8 Å². The van der Waals surface area contributed by atoms with Crippen molar-refractivity contribution >= 4 is 39.1 Å². The number of halogens is 1. The second-order valence-corrected chi connectivity index (χ2v) is 9.41. The fourth-order valence-electron chi connectivity index (χ4n) is 3.75. The Morgan fingerprint density at radius 3 is 2.22 bits per heavy atom. The van der Waals surface area contributed by atoms with Gasteiger partial charge in [0.1, 0.15) is 5.75 Å². The molecule has 0 aromatic heterocycles. The van der Waals surface area contributed by atoms with Crippen molar-refractivity contribution in [1.82, 2.24) is 0 Å². The third-order valence-corrected chi connectivity index (χ3v) is 6.28. The smallest absolute Gasteiger partial charge is 0.265 e. The molecule has 4 rings (SSSR count). The van der Waals surface area contributed by atoms with Crippen molar-refractivity contribution < 1.29 is 14.3 Å². The number of anilines is 2. The van der Waals surface area contributed by atoms with Gasteiger partial charge in [-0.05, 0) is 67.4 Å². The van der Waals surface area contributed by atoms with Crippen LogP contribution in [-0.4, -0.2) is 18.4 Å². The van der Waals surface area contributed by atoms with Crippen LogP contribution in [-0.2, 0) is 11.3 Å². The zero-order valence-electron chi connectivity index (χ0n) is 20.2. The lowest BCUT2D eigenvalue weighted by Crippen LogP contribution is -2.36. The van der Waals surface area contributed by atoms with Crippen LogP contribution in [0.5, 0.6) is 5.75 Å². The lowest BCUT2D eigenvalue weighted by atomic mass is 10.1. The molecule has 0 aliphatic carbocycles. The largest absolute Gasteiger partial charge is 0.483 e. The number of rotatable bonds is 8. The van der Waals surface area contributed by atoms with Gasteiger partial charge in [0, 0.05) is 10.2 Å². The maximum Gasteiger partial charge on any atom is 0.265 e. The highest BCUT2D eigenvalue weighted by molar-refractivity contribution is 9.10. The SMILES string of the molecule is Cc1ccc(NC(=O)c2ccccc2N(Cc2ccc(Br)cc2)C(=O)COc2ccccc2C)cc1. The number of benzene rings is 4. The van der Waals surface area contributed by atoms with Crippen molar-refractivity contribution in [2.24, 2.45) is 0 Å². The van der Waals surface area contributed by atoms with Gasteiger partial charge >= 0.3 is 0 Å². The Morgan fingerprint density at radius 2 is 1.50 bits per heavy atom. The molecule has 4 aromatic carbocycles. The third kappa shape index (κ3) is 6.40. The summed E-state index contributed by atoms with van der Waals surface area (Å²) in [6, 6.07) is 30.0. The number of aryl methyl sites for hydroxylation is 2. The van der Waals surface area contributed by atoms with E-state index in [9.17, 15) is 9.59 Å². The summed E-state index contributed by atoms with van der Waals surface area (Å²) in [5.74, 6) is 0.111. The van der Waals surface area contributed by atoms with Crippen molar-refractivity contribution in [1.29, 1.82) is 0 Å². The van der Waals surface area contributed by atoms with Crippen LogP contribution < -0.4 is 15.0 Å². The molecule has 36 heavy (non-hydrogen) atoms. The number of ether oxygens (including phenoxy) is 1. The molecule has 0 aliphatic heterocycles. The second-order valence-electron chi connectivity index (χ2n) is 8.50. The Kier molecular flexibility index (Phi) is 8.18. The second kappa shape index (κ2) is 11.7. The summed E-state index contributed by atoms with van der Waals surface area (Å²) in [4.78, 5) is 28.4. The quantitative estimate of drug-likeness (QED) is 0.262. The van der Waals surface area contributed by atoms with Gasteiger partial charge in [0.15, 0.2) is 6.61 Å². The molecule has 0 unspecified atom stereocenters. The summed E-state index contributed by atoms with van der Waals surface area (Å²) in [5, 5.41) is 2.94. The van der Waals surface area contributed by atoms with Gasteiger partial charge in [-0.15, -0.1) is 0 Å². The van der Waals surface area contributed by atoms with E-state index in [1.165, 1.54) is 0 Å². The summed E-state index contributed by atoms with van der Waals surface area (Å²) >= 11 is 3.46. The number of hydrogen-bond donors (Lipinski definition) is 1. The first-order chi connectivity index (χ1) is 17.4. The van der Waals surface area contributed by atoms with Crippen molar-refractivity contribution in [2.75, 3.05) is 16.8 Å². The Labute approximate surface area is 219 Å². The highest BCUT2D eigenvalue weighted by Gasteiger charge is 2.23. The predicted octanol–water partition coefficient (Wildman–Crippen LogP) is 6.93.